The maximum atomic E-state index is 6.89. The normalized spacial score (nSPS) is 14.9. The van der Waals surface area contributed by atoms with E-state index in [-0.39, 0.29) is 5.92 Å². The van der Waals surface area contributed by atoms with Gasteiger partial charge in [0.2, 0.25) is 0 Å². The molecule has 0 saturated heterocycles. The van der Waals surface area contributed by atoms with Gasteiger partial charge in [-0.1, -0.05) is 26.8 Å². The summed E-state index contributed by atoms with van der Waals surface area (Å²) in [4.78, 5) is 4.03. The number of nitrogens with zero attached hydrogens (tertiary/aromatic N) is 1. The third-order valence-corrected chi connectivity index (χ3v) is 1.14. The maximum Gasteiger partial charge on any atom is 0.0261 e. The fraction of sp³-hybridized carbons (Fsp3) is 0.556. The first-order valence-corrected chi connectivity index (χ1v) is 3.87. The van der Waals surface area contributed by atoms with Crippen LogP contribution in [0.1, 0.15) is 20.8 Å². The van der Waals surface area contributed by atoms with Gasteiger partial charge in [-0.15, -0.1) is 0 Å². The lowest BCUT2D eigenvalue weighted by molar-refractivity contribution is 0.829. The predicted octanol–water partition coefficient (Wildman–Crippen LogP) is 2.51. The van der Waals surface area contributed by atoms with E-state index in [2.05, 4.69) is 18.8 Å². The van der Waals surface area contributed by atoms with Gasteiger partial charge < -0.3 is 5.41 Å². The van der Waals surface area contributed by atoms with Crippen LogP contribution in [0.2, 0.25) is 0 Å². The van der Waals surface area contributed by atoms with Crippen LogP contribution in [0.3, 0.4) is 0 Å². The number of nitrogens with one attached hydrogen (secondary N) is 1. The molecule has 1 N–H and O–H groups in total. The molecule has 0 aliphatic rings. The Morgan fingerprint density at radius 1 is 1.27 bits per heavy atom. The smallest absolute Gasteiger partial charge is 0.0261 e. The fourth-order valence-corrected chi connectivity index (χ4v) is 0.450. The summed E-state index contributed by atoms with van der Waals surface area (Å²) in [5, 5.41) is 6.89. The molecule has 0 radical (unpaired) electrons. The molecule has 0 aliphatic carbocycles. The van der Waals surface area contributed by atoms with Crippen molar-refractivity contribution in [3.8, 4) is 0 Å². The van der Waals surface area contributed by atoms with Crippen molar-refractivity contribution < 1.29 is 0 Å². The zero-order chi connectivity index (χ0) is 8.69. The number of hydrogen-bond acceptors (Lipinski definition) is 2. The first kappa shape index (κ1) is 10.1. The Labute approximate surface area is 68.5 Å². The minimum absolute atomic E-state index is 0.145. The van der Waals surface area contributed by atoms with Gasteiger partial charge in [0.15, 0.2) is 0 Å². The van der Waals surface area contributed by atoms with E-state index in [1.807, 2.05) is 13.0 Å². The lowest BCUT2D eigenvalue weighted by atomic mass is 10.2. The molecule has 0 saturated carbocycles. The van der Waals surface area contributed by atoms with E-state index in [0.29, 0.717) is 5.92 Å². The monoisotopic (exact) mass is 152 g/mol. The molecule has 0 bridgehead atoms. The Kier molecular flexibility index (Phi) is 5.35. The van der Waals surface area contributed by atoms with Gasteiger partial charge in [-0.2, -0.15) is 0 Å². The molecule has 0 aromatic carbocycles. The molecule has 11 heavy (non-hydrogen) atoms. The Balaban J connectivity index is 3.67. The standard InChI is InChI=1S/C9H16N2/c1-8(2)4-5-11-7-9(3)6-10/h4-10H,1-3H3/b5-4-,10-6?,11-7?. The fourth-order valence-electron chi connectivity index (χ4n) is 0.450. The minimum Gasteiger partial charge on any atom is -0.312 e. The molecule has 2 heteroatoms. The van der Waals surface area contributed by atoms with E-state index in [4.69, 9.17) is 5.41 Å². The van der Waals surface area contributed by atoms with Crippen molar-refractivity contribution in [3.63, 3.8) is 0 Å². The molecule has 0 spiro atoms. The van der Waals surface area contributed by atoms with Gasteiger partial charge in [0.05, 0.1) is 0 Å². The van der Waals surface area contributed by atoms with E-state index in [1.165, 1.54) is 6.21 Å². The van der Waals surface area contributed by atoms with Crippen LogP contribution in [-0.2, 0) is 0 Å². The second-order valence-corrected chi connectivity index (χ2v) is 2.91. The Morgan fingerprint density at radius 3 is 2.36 bits per heavy atom. The molecule has 0 fully saturated rings. The SMILES string of the molecule is CC(C=N)C=N/C=C\C(C)C. The Bertz CT molecular complexity index is 157. The molecule has 0 aromatic heterocycles. The van der Waals surface area contributed by atoms with Crippen LogP contribution in [0.15, 0.2) is 17.3 Å². The maximum absolute atomic E-state index is 6.89. The van der Waals surface area contributed by atoms with Gasteiger partial charge in [0.25, 0.3) is 0 Å². The van der Waals surface area contributed by atoms with Crippen molar-refractivity contribution in [1.82, 2.24) is 0 Å². The van der Waals surface area contributed by atoms with E-state index in [0.717, 1.165) is 0 Å². The van der Waals surface area contributed by atoms with Crippen LogP contribution in [0, 0.1) is 17.2 Å². The summed E-state index contributed by atoms with van der Waals surface area (Å²) < 4.78 is 0. The van der Waals surface area contributed by atoms with E-state index in [9.17, 15) is 0 Å². The first-order chi connectivity index (χ1) is 5.16. The van der Waals surface area contributed by atoms with E-state index >= 15 is 0 Å². The highest BCUT2D eigenvalue weighted by Gasteiger charge is 1.86. The van der Waals surface area contributed by atoms with Crippen LogP contribution in [0.4, 0.5) is 0 Å². The summed E-state index contributed by atoms with van der Waals surface area (Å²) in [5.74, 6) is 0.689. The molecule has 1 atom stereocenters. The zero-order valence-electron chi connectivity index (χ0n) is 7.41. The molecule has 62 valence electrons. The first-order valence-electron chi connectivity index (χ1n) is 3.87. The second kappa shape index (κ2) is 5.83. The summed E-state index contributed by atoms with van der Waals surface area (Å²) in [5.41, 5.74) is 0. The highest BCUT2D eigenvalue weighted by atomic mass is 14.7. The van der Waals surface area contributed by atoms with Crippen LogP contribution in [0.5, 0.6) is 0 Å². The summed E-state index contributed by atoms with van der Waals surface area (Å²) in [6, 6.07) is 0. The molecule has 0 rings (SSSR count). The van der Waals surface area contributed by atoms with Crippen LogP contribution in [0.25, 0.3) is 0 Å². The molecule has 0 aliphatic heterocycles. The van der Waals surface area contributed by atoms with Gasteiger partial charge in [-0.3, -0.25) is 4.99 Å². The largest absolute Gasteiger partial charge is 0.312 e. The number of allylic oxidation sites excluding steroid dienone is 1. The molecule has 2 nitrogen and oxygen atoms in total. The van der Waals surface area contributed by atoms with Crippen LogP contribution >= 0.6 is 0 Å². The highest BCUT2D eigenvalue weighted by Crippen LogP contribution is 1.93. The molecule has 0 amide bonds. The van der Waals surface area contributed by atoms with Crippen molar-refractivity contribution in [1.29, 1.82) is 5.41 Å². The van der Waals surface area contributed by atoms with E-state index < -0.39 is 0 Å². The van der Waals surface area contributed by atoms with Gasteiger partial charge in [-0.25, -0.2) is 0 Å². The summed E-state index contributed by atoms with van der Waals surface area (Å²) in [7, 11) is 0. The Morgan fingerprint density at radius 2 is 1.91 bits per heavy atom. The highest BCUT2D eigenvalue weighted by molar-refractivity contribution is 5.81. The topological polar surface area (TPSA) is 36.2 Å². The summed E-state index contributed by atoms with van der Waals surface area (Å²) in [6.45, 7) is 6.14. The van der Waals surface area contributed by atoms with Crippen molar-refractivity contribution in [3.05, 3.63) is 12.3 Å². The van der Waals surface area contributed by atoms with Crippen molar-refractivity contribution in [2.24, 2.45) is 16.8 Å². The van der Waals surface area contributed by atoms with Gasteiger partial charge in [0.1, 0.15) is 0 Å². The predicted molar refractivity (Wildman–Crippen MR) is 50.4 cm³/mol. The summed E-state index contributed by atoms with van der Waals surface area (Å²) in [6.07, 6.45) is 6.93. The number of aliphatic imine (C=N–C) groups is 1. The third-order valence-electron chi connectivity index (χ3n) is 1.14. The van der Waals surface area contributed by atoms with Crippen LogP contribution < -0.4 is 0 Å². The van der Waals surface area contributed by atoms with Crippen LogP contribution in [-0.4, -0.2) is 12.4 Å². The third kappa shape index (κ3) is 6.97. The number of rotatable bonds is 4. The zero-order valence-corrected chi connectivity index (χ0v) is 7.41. The lowest BCUT2D eigenvalue weighted by Gasteiger charge is -1.92. The van der Waals surface area contributed by atoms with Crippen molar-refractivity contribution in [2.45, 2.75) is 20.8 Å². The molecular formula is C9H16N2. The average molecular weight is 152 g/mol. The number of hydrogen-bond donors (Lipinski definition) is 1. The van der Waals surface area contributed by atoms with Gasteiger partial charge in [-0.05, 0) is 5.92 Å². The van der Waals surface area contributed by atoms with E-state index in [1.54, 1.807) is 12.4 Å². The molecule has 0 heterocycles. The minimum atomic E-state index is 0.145. The van der Waals surface area contributed by atoms with Crippen molar-refractivity contribution >= 4 is 12.4 Å². The molecular weight excluding hydrogens is 136 g/mol. The second-order valence-electron chi connectivity index (χ2n) is 2.91. The molecule has 0 aromatic rings. The lowest BCUT2D eigenvalue weighted by Crippen LogP contribution is -1.94. The van der Waals surface area contributed by atoms with Crippen molar-refractivity contribution in [2.75, 3.05) is 0 Å². The Hall–Kier alpha value is -0.920. The molecule has 1 unspecified atom stereocenters. The van der Waals surface area contributed by atoms with Gasteiger partial charge in [0, 0.05) is 24.5 Å². The average Bonchev–Trinajstić information content (AvgIpc) is 1.97. The summed E-state index contributed by atoms with van der Waals surface area (Å²) >= 11 is 0. The quantitative estimate of drug-likeness (QED) is 0.601. The van der Waals surface area contributed by atoms with Gasteiger partial charge >= 0.3 is 0 Å².